The van der Waals surface area contributed by atoms with Gasteiger partial charge in [0.1, 0.15) is 11.5 Å². The van der Waals surface area contributed by atoms with Gasteiger partial charge in [-0.15, -0.1) is 23.5 Å². The largest absolute Gasteiger partial charge is 0.497 e. The molecule has 6 rings (SSSR count). The van der Waals surface area contributed by atoms with Crippen molar-refractivity contribution < 1.29 is 26.3 Å². The smallest absolute Gasteiger partial charge is 0.235 e. The minimum Gasteiger partial charge on any atom is -0.497 e. The number of piperidine rings is 1. The molecule has 0 radical (unpaired) electrons. The summed E-state index contributed by atoms with van der Waals surface area (Å²) < 4.78 is 61.5. The van der Waals surface area contributed by atoms with Crippen molar-refractivity contribution in [3.63, 3.8) is 0 Å². The minimum atomic E-state index is -3.36. The zero-order valence-electron chi connectivity index (χ0n) is 32.6. The van der Waals surface area contributed by atoms with E-state index in [9.17, 15) is 16.8 Å². The number of methoxy groups -OCH3 is 2. The third-order valence-corrected chi connectivity index (χ3v) is 14.3. The summed E-state index contributed by atoms with van der Waals surface area (Å²) in [5, 5.41) is 4.40. The molecule has 1 fully saturated rings. The number of nitrogens with zero attached hydrogens (tertiary/aromatic N) is 2. The first-order valence-electron chi connectivity index (χ1n) is 18.4. The zero-order chi connectivity index (χ0) is 40.7. The van der Waals surface area contributed by atoms with Crippen LogP contribution in [0.25, 0.3) is 0 Å². The maximum absolute atomic E-state index is 12.2. The summed E-state index contributed by atoms with van der Waals surface area (Å²) in [6.07, 6.45) is 4.60. The Bertz CT molecular complexity index is 1840. The van der Waals surface area contributed by atoms with Gasteiger partial charge in [-0.1, -0.05) is 57.7 Å². The SMILES string of the molecule is C=CS(=O)(=O)N1CCSc2ccc(OC)cc2C1.CC.CCCS(=O)(=O)N1CCSc2ccc(OC)cc2C1.S=S=S.c1ccc(CC2CCNCC2)cc1. The van der Waals surface area contributed by atoms with Gasteiger partial charge in [-0.2, -0.15) is 8.61 Å². The lowest BCUT2D eigenvalue weighted by Gasteiger charge is -2.22. The summed E-state index contributed by atoms with van der Waals surface area (Å²) in [5.41, 5.74) is 3.50. The van der Waals surface area contributed by atoms with Crippen LogP contribution in [0.3, 0.4) is 0 Å². The second kappa shape index (κ2) is 26.9. The number of ether oxygens (including phenoxy) is 2. The number of hydrogen-bond donors (Lipinski definition) is 1. The number of thioether (sulfide) groups is 2. The van der Waals surface area contributed by atoms with Crippen molar-refractivity contribution in [2.24, 2.45) is 5.92 Å². The first-order valence-corrected chi connectivity index (χ1v) is 26.1. The summed E-state index contributed by atoms with van der Waals surface area (Å²) in [5.74, 6) is 4.18. The van der Waals surface area contributed by atoms with Crippen molar-refractivity contribution in [3.05, 3.63) is 95.4 Å². The maximum Gasteiger partial charge on any atom is 0.235 e. The van der Waals surface area contributed by atoms with E-state index >= 15 is 0 Å². The average Bonchev–Trinajstić information content (AvgIpc) is 3.57. The van der Waals surface area contributed by atoms with E-state index in [1.54, 1.807) is 42.0 Å². The molecule has 0 bridgehead atoms. The van der Waals surface area contributed by atoms with Crippen molar-refractivity contribution in [2.75, 3.05) is 57.7 Å². The van der Waals surface area contributed by atoms with Crippen LogP contribution in [0.5, 0.6) is 11.5 Å². The fourth-order valence-electron chi connectivity index (χ4n) is 5.93. The van der Waals surface area contributed by atoms with Crippen molar-refractivity contribution >= 4 is 74.8 Å². The Morgan fingerprint density at radius 3 is 1.80 bits per heavy atom. The number of nitrogens with one attached hydrogen (secondary N) is 1. The lowest BCUT2D eigenvalue weighted by atomic mass is 9.91. The fourth-order valence-corrected chi connectivity index (χ4v) is 10.5. The monoisotopic (exact) mass is 887 g/mol. The van der Waals surface area contributed by atoms with E-state index in [1.807, 2.05) is 57.2 Å². The molecule has 3 aliphatic heterocycles. The highest BCUT2D eigenvalue weighted by Crippen LogP contribution is 2.32. The molecule has 9 nitrogen and oxygen atoms in total. The predicted molar refractivity (Wildman–Crippen MR) is 241 cm³/mol. The number of rotatable bonds is 9. The summed E-state index contributed by atoms with van der Waals surface area (Å²) in [6, 6.07) is 22.5. The van der Waals surface area contributed by atoms with Crippen molar-refractivity contribution in [2.45, 2.75) is 69.3 Å². The summed E-state index contributed by atoms with van der Waals surface area (Å²) in [7, 11) is -2.36. The van der Waals surface area contributed by atoms with Gasteiger partial charge in [0.2, 0.25) is 20.0 Å². The molecule has 0 aromatic heterocycles. The molecule has 55 heavy (non-hydrogen) atoms. The Labute approximate surface area is 352 Å². The molecule has 16 heteroatoms. The van der Waals surface area contributed by atoms with Gasteiger partial charge in [-0.3, -0.25) is 0 Å². The minimum absolute atomic E-state index is 0.219. The van der Waals surface area contributed by atoms with Crippen LogP contribution in [0.15, 0.2) is 88.5 Å². The van der Waals surface area contributed by atoms with Gasteiger partial charge in [-0.25, -0.2) is 16.8 Å². The number of benzene rings is 3. The van der Waals surface area contributed by atoms with Crippen molar-refractivity contribution in [3.8, 4) is 11.5 Å². The summed E-state index contributed by atoms with van der Waals surface area (Å²) in [6.45, 7) is 13.6. The van der Waals surface area contributed by atoms with E-state index in [-0.39, 0.29) is 5.75 Å². The normalized spacial score (nSPS) is 16.0. The van der Waals surface area contributed by atoms with Crippen molar-refractivity contribution in [1.82, 2.24) is 13.9 Å². The molecule has 0 spiro atoms. The lowest BCUT2D eigenvalue weighted by molar-refractivity contribution is 0.372. The van der Waals surface area contributed by atoms with E-state index < -0.39 is 20.0 Å². The molecule has 0 amide bonds. The van der Waals surface area contributed by atoms with E-state index in [2.05, 4.69) is 64.6 Å². The third-order valence-electron chi connectivity index (χ3n) is 8.68. The molecular weight excluding hydrogens is 831 g/mol. The Hall–Kier alpha value is -1.86. The molecule has 3 aromatic rings. The van der Waals surface area contributed by atoms with Crippen LogP contribution in [0.4, 0.5) is 0 Å². The van der Waals surface area contributed by atoms with E-state index in [1.165, 1.54) is 42.2 Å². The Morgan fingerprint density at radius 2 is 1.33 bits per heavy atom. The van der Waals surface area contributed by atoms with E-state index in [0.29, 0.717) is 32.6 Å². The lowest BCUT2D eigenvalue weighted by Crippen LogP contribution is -2.33. The Morgan fingerprint density at radius 1 is 0.836 bits per heavy atom. The standard InChI is InChI=1S/C13H19NO3S2.C12H15NO3S2.C12H17N.C2H6.S3/c1-3-8-19(15,16)14-6-7-18-13-5-4-12(17-2)9-11(13)10-14;1-3-18(14,15)13-6-7-17-12-5-4-11(16-2)8-10(12)9-13;1-2-4-11(5-3-1)10-12-6-8-13-9-7-12;1-2;1-3-2/h4-5,9H,3,6-8,10H2,1-2H3;3-5,8H,1,6-7,9H2,2H3;1-5,12-13H,6-10H2;1-2H3;. The topological polar surface area (TPSA) is 105 Å². The molecule has 0 aliphatic carbocycles. The van der Waals surface area contributed by atoms with Gasteiger partial charge in [0, 0.05) is 84.1 Å². The first-order chi connectivity index (χ1) is 26.5. The Kier molecular flexibility index (Phi) is 24.1. The second-order valence-corrected chi connectivity index (χ2v) is 20.3. The molecule has 3 aliphatic rings. The van der Waals surface area contributed by atoms with E-state index in [4.69, 9.17) is 9.47 Å². The second-order valence-electron chi connectivity index (χ2n) is 12.3. The van der Waals surface area contributed by atoms with Gasteiger partial charge in [0.15, 0.2) is 0 Å². The molecule has 0 atom stereocenters. The predicted octanol–water partition coefficient (Wildman–Crippen LogP) is 7.67. The highest BCUT2D eigenvalue weighted by molar-refractivity contribution is 8.37. The molecule has 0 unspecified atom stereocenters. The molecule has 3 heterocycles. The summed E-state index contributed by atoms with van der Waals surface area (Å²) in [4.78, 5) is 2.26. The number of hydrogen-bond acceptors (Lipinski definition) is 11. The molecular formula is C39H57N3O6S7. The Balaban J connectivity index is 0.000000272. The van der Waals surface area contributed by atoms with Gasteiger partial charge < -0.3 is 14.8 Å². The number of sulfonamides is 2. The van der Waals surface area contributed by atoms with E-state index in [0.717, 1.165) is 64.1 Å². The van der Waals surface area contributed by atoms with Gasteiger partial charge in [0.05, 0.1) is 20.0 Å². The highest BCUT2D eigenvalue weighted by atomic mass is 33.1. The first kappa shape index (κ1) is 49.3. The molecule has 306 valence electrons. The van der Waals surface area contributed by atoms with Crippen LogP contribution in [-0.2, 0) is 70.8 Å². The van der Waals surface area contributed by atoms with Crippen LogP contribution in [-0.4, -0.2) is 83.1 Å². The quantitative estimate of drug-likeness (QED) is 0.229. The summed E-state index contributed by atoms with van der Waals surface area (Å²) >= 11 is 11.6. The average molecular weight is 888 g/mol. The van der Waals surface area contributed by atoms with Gasteiger partial charge >= 0.3 is 0 Å². The molecule has 1 saturated heterocycles. The van der Waals surface area contributed by atoms with Crippen LogP contribution < -0.4 is 14.8 Å². The highest BCUT2D eigenvalue weighted by Gasteiger charge is 2.25. The van der Waals surface area contributed by atoms with Crippen LogP contribution in [0.1, 0.15) is 56.7 Å². The fraction of sp³-hybridized carbons (Fsp3) is 0.487. The molecule has 0 saturated carbocycles. The molecule has 1 N–H and O–H groups in total. The van der Waals surface area contributed by atoms with Crippen molar-refractivity contribution in [1.29, 1.82) is 0 Å². The van der Waals surface area contributed by atoms with Gasteiger partial charge in [0.25, 0.3) is 0 Å². The van der Waals surface area contributed by atoms with Crippen LogP contribution in [0, 0.1) is 5.92 Å². The zero-order valence-corrected chi connectivity index (χ0v) is 38.3. The number of fused-ring (bicyclic) bond motifs is 2. The third kappa shape index (κ3) is 17.3. The maximum atomic E-state index is 12.2. The van der Waals surface area contributed by atoms with Gasteiger partial charge in [-0.05, 0) is 97.8 Å². The van der Waals surface area contributed by atoms with Crippen LogP contribution in [0.2, 0.25) is 0 Å². The molecule has 3 aromatic carbocycles. The van der Waals surface area contributed by atoms with Crippen LogP contribution >= 0.6 is 23.5 Å².